The van der Waals surface area contributed by atoms with Crippen LogP contribution in [0.15, 0.2) is 54.6 Å². The Morgan fingerprint density at radius 3 is 2.52 bits per heavy atom. The summed E-state index contributed by atoms with van der Waals surface area (Å²) >= 11 is 0. The standard InChI is InChI=1S/C21H27N3O3/c1-16(17-8-5-4-6-9-17)22-20(25)12-13-24(2)15-21(26)23-18-10-7-11-19(14-18)27-3/h4-11,14,16H,12-13,15H2,1-3H3,(H,22,25)(H,23,26). The number of hydrogen-bond donors (Lipinski definition) is 2. The first-order valence-corrected chi connectivity index (χ1v) is 8.94. The molecule has 0 aliphatic heterocycles. The lowest BCUT2D eigenvalue weighted by Crippen LogP contribution is -2.34. The van der Waals surface area contributed by atoms with Crippen molar-refractivity contribution in [3.63, 3.8) is 0 Å². The third-order valence-corrected chi connectivity index (χ3v) is 4.16. The summed E-state index contributed by atoms with van der Waals surface area (Å²) in [6.07, 6.45) is 0.333. The molecule has 144 valence electrons. The quantitative estimate of drug-likeness (QED) is 0.713. The maximum absolute atomic E-state index is 12.1. The number of methoxy groups -OCH3 is 1. The second-order valence-electron chi connectivity index (χ2n) is 6.47. The van der Waals surface area contributed by atoms with E-state index in [2.05, 4.69) is 10.6 Å². The Bertz CT molecular complexity index is 749. The Hall–Kier alpha value is -2.86. The van der Waals surface area contributed by atoms with Crippen molar-refractivity contribution in [2.75, 3.05) is 32.6 Å². The summed E-state index contributed by atoms with van der Waals surface area (Å²) in [4.78, 5) is 26.1. The molecule has 6 nitrogen and oxygen atoms in total. The smallest absolute Gasteiger partial charge is 0.238 e. The summed E-state index contributed by atoms with van der Waals surface area (Å²) in [5.74, 6) is 0.514. The second kappa shape index (κ2) is 10.3. The molecule has 2 amide bonds. The number of carbonyl (C=O) groups excluding carboxylic acids is 2. The number of likely N-dealkylation sites (N-methyl/N-ethyl adjacent to an activating group) is 1. The van der Waals surface area contributed by atoms with Gasteiger partial charge in [-0.05, 0) is 31.7 Å². The first-order valence-electron chi connectivity index (χ1n) is 8.94. The van der Waals surface area contributed by atoms with Crippen LogP contribution in [0.4, 0.5) is 5.69 Å². The van der Waals surface area contributed by atoms with Gasteiger partial charge in [0.1, 0.15) is 5.75 Å². The zero-order valence-electron chi connectivity index (χ0n) is 16.1. The summed E-state index contributed by atoms with van der Waals surface area (Å²) in [6, 6.07) is 17.0. The summed E-state index contributed by atoms with van der Waals surface area (Å²) in [5, 5.41) is 5.81. The Balaban J connectivity index is 1.72. The van der Waals surface area contributed by atoms with Crippen LogP contribution in [0.2, 0.25) is 0 Å². The molecule has 0 aliphatic rings. The van der Waals surface area contributed by atoms with Crippen LogP contribution in [0.5, 0.6) is 5.75 Å². The molecule has 2 aromatic rings. The van der Waals surface area contributed by atoms with Gasteiger partial charge in [0, 0.05) is 24.7 Å². The zero-order valence-corrected chi connectivity index (χ0v) is 16.1. The van der Waals surface area contributed by atoms with E-state index in [1.165, 1.54) is 0 Å². The van der Waals surface area contributed by atoms with Crippen molar-refractivity contribution in [1.29, 1.82) is 0 Å². The van der Waals surface area contributed by atoms with E-state index in [1.807, 2.05) is 61.3 Å². The number of nitrogens with one attached hydrogen (secondary N) is 2. The Morgan fingerprint density at radius 1 is 1.07 bits per heavy atom. The lowest BCUT2D eigenvalue weighted by atomic mass is 10.1. The summed E-state index contributed by atoms with van der Waals surface area (Å²) < 4.78 is 5.14. The minimum absolute atomic E-state index is 0.0357. The van der Waals surface area contributed by atoms with Gasteiger partial charge < -0.3 is 15.4 Å². The molecule has 0 aromatic heterocycles. The normalized spacial score (nSPS) is 11.7. The van der Waals surface area contributed by atoms with Crippen LogP contribution in [0.25, 0.3) is 0 Å². The third kappa shape index (κ3) is 7.11. The highest BCUT2D eigenvalue weighted by Crippen LogP contribution is 2.16. The molecule has 1 atom stereocenters. The number of benzene rings is 2. The minimum Gasteiger partial charge on any atom is -0.497 e. The largest absolute Gasteiger partial charge is 0.497 e. The van der Waals surface area contributed by atoms with E-state index in [1.54, 1.807) is 19.2 Å². The predicted octanol–water partition coefficient (Wildman–Crippen LogP) is 2.83. The number of ether oxygens (including phenoxy) is 1. The van der Waals surface area contributed by atoms with Crippen molar-refractivity contribution >= 4 is 17.5 Å². The molecule has 0 radical (unpaired) electrons. The van der Waals surface area contributed by atoms with Crippen molar-refractivity contribution in [3.8, 4) is 5.75 Å². The van der Waals surface area contributed by atoms with Crippen LogP contribution >= 0.6 is 0 Å². The molecule has 0 saturated carbocycles. The second-order valence-corrected chi connectivity index (χ2v) is 6.47. The monoisotopic (exact) mass is 369 g/mol. The van der Waals surface area contributed by atoms with E-state index in [9.17, 15) is 9.59 Å². The highest BCUT2D eigenvalue weighted by atomic mass is 16.5. The Morgan fingerprint density at radius 2 is 1.81 bits per heavy atom. The van der Waals surface area contributed by atoms with Gasteiger partial charge >= 0.3 is 0 Å². The lowest BCUT2D eigenvalue weighted by molar-refractivity contribution is -0.123. The molecule has 2 aromatic carbocycles. The molecule has 2 N–H and O–H groups in total. The molecule has 2 rings (SSSR count). The lowest BCUT2D eigenvalue weighted by Gasteiger charge is -2.18. The summed E-state index contributed by atoms with van der Waals surface area (Å²) in [6.45, 7) is 2.66. The van der Waals surface area contributed by atoms with Crippen LogP contribution in [0, 0.1) is 0 Å². The van der Waals surface area contributed by atoms with E-state index < -0.39 is 0 Å². The molecule has 0 spiro atoms. The van der Waals surface area contributed by atoms with Gasteiger partial charge in [0.25, 0.3) is 0 Å². The van der Waals surface area contributed by atoms with Crippen LogP contribution in [0.3, 0.4) is 0 Å². The van der Waals surface area contributed by atoms with Crippen LogP contribution in [-0.4, -0.2) is 44.0 Å². The van der Waals surface area contributed by atoms with Gasteiger partial charge in [0.15, 0.2) is 0 Å². The van der Waals surface area contributed by atoms with E-state index in [0.29, 0.717) is 24.4 Å². The number of nitrogens with zero attached hydrogens (tertiary/aromatic N) is 1. The first-order chi connectivity index (χ1) is 13.0. The van der Waals surface area contributed by atoms with Crippen molar-refractivity contribution in [3.05, 3.63) is 60.2 Å². The third-order valence-electron chi connectivity index (χ3n) is 4.16. The maximum atomic E-state index is 12.1. The molecule has 1 unspecified atom stereocenters. The van der Waals surface area contributed by atoms with Crippen molar-refractivity contribution in [1.82, 2.24) is 10.2 Å². The molecule has 0 saturated heterocycles. The minimum atomic E-state index is -0.135. The van der Waals surface area contributed by atoms with E-state index in [-0.39, 0.29) is 24.4 Å². The van der Waals surface area contributed by atoms with Crippen LogP contribution < -0.4 is 15.4 Å². The van der Waals surface area contributed by atoms with Gasteiger partial charge in [-0.1, -0.05) is 36.4 Å². The van der Waals surface area contributed by atoms with Crippen molar-refractivity contribution < 1.29 is 14.3 Å². The number of amides is 2. The van der Waals surface area contributed by atoms with E-state index >= 15 is 0 Å². The molecule has 0 aliphatic carbocycles. The number of anilines is 1. The van der Waals surface area contributed by atoms with Gasteiger partial charge in [0.2, 0.25) is 11.8 Å². The number of carbonyl (C=O) groups is 2. The number of hydrogen-bond acceptors (Lipinski definition) is 4. The highest BCUT2D eigenvalue weighted by molar-refractivity contribution is 5.92. The van der Waals surface area contributed by atoms with Crippen LogP contribution in [0.1, 0.15) is 24.9 Å². The average molecular weight is 369 g/mol. The van der Waals surface area contributed by atoms with Crippen molar-refractivity contribution in [2.45, 2.75) is 19.4 Å². The molecular weight excluding hydrogens is 342 g/mol. The fourth-order valence-corrected chi connectivity index (χ4v) is 2.66. The highest BCUT2D eigenvalue weighted by Gasteiger charge is 2.12. The summed E-state index contributed by atoms with van der Waals surface area (Å²) in [7, 11) is 3.40. The Kier molecular flexibility index (Phi) is 7.82. The van der Waals surface area contributed by atoms with Crippen LogP contribution in [-0.2, 0) is 9.59 Å². The zero-order chi connectivity index (χ0) is 19.6. The molecule has 6 heteroatoms. The predicted molar refractivity (Wildman–Crippen MR) is 107 cm³/mol. The molecular formula is C21H27N3O3. The molecule has 0 fully saturated rings. The van der Waals surface area contributed by atoms with Crippen molar-refractivity contribution in [2.24, 2.45) is 0 Å². The number of rotatable bonds is 9. The summed E-state index contributed by atoms with van der Waals surface area (Å²) in [5.41, 5.74) is 1.75. The average Bonchev–Trinajstić information content (AvgIpc) is 2.67. The van der Waals surface area contributed by atoms with Gasteiger partial charge in [-0.2, -0.15) is 0 Å². The molecule has 27 heavy (non-hydrogen) atoms. The van der Waals surface area contributed by atoms with Gasteiger partial charge in [-0.3, -0.25) is 14.5 Å². The fraction of sp³-hybridized carbons (Fsp3) is 0.333. The van der Waals surface area contributed by atoms with E-state index in [0.717, 1.165) is 5.56 Å². The van der Waals surface area contributed by atoms with Gasteiger partial charge in [0.05, 0.1) is 19.7 Å². The topological polar surface area (TPSA) is 70.7 Å². The van der Waals surface area contributed by atoms with Gasteiger partial charge in [-0.15, -0.1) is 0 Å². The first kappa shape index (κ1) is 20.5. The maximum Gasteiger partial charge on any atom is 0.238 e. The molecule has 0 bridgehead atoms. The van der Waals surface area contributed by atoms with E-state index in [4.69, 9.17) is 4.74 Å². The fourth-order valence-electron chi connectivity index (χ4n) is 2.66. The molecule has 0 heterocycles. The SMILES string of the molecule is COc1cccc(NC(=O)CN(C)CCC(=O)NC(C)c2ccccc2)c1. The Labute approximate surface area is 160 Å². The van der Waals surface area contributed by atoms with Gasteiger partial charge in [-0.25, -0.2) is 0 Å².